The van der Waals surface area contributed by atoms with E-state index in [9.17, 15) is 4.79 Å². The van der Waals surface area contributed by atoms with Gasteiger partial charge in [-0.05, 0) is 47.2 Å². The number of nitrogen functional groups attached to an aromatic ring is 1. The van der Waals surface area contributed by atoms with E-state index in [1.807, 2.05) is 35.6 Å². The van der Waals surface area contributed by atoms with E-state index in [1.54, 1.807) is 23.2 Å². The topological polar surface area (TPSA) is 73.8 Å². The van der Waals surface area contributed by atoms with Crippen LogP contribution in [0, 0.1) is 10.5 Å². The first kappa shape index (κ1) is 12.0. The number of aryl methyl sites for hydroxylation is 1. The molecule has 2 heterocycles. The fourth-order valence-electron chi connectivity index (χ4n) is 1.45. The summed E-state index contributed by atoms with van der Waals surface area (Å²) in [6.45, 7) is 2.27. The van der Waals surface area contributed by atoms with E-state index >= 15 is 0 Å². The number of rotatable bonds is 2. The first-order chi connectivity index (χ1) is 8.08. The Hall–Kier alpha value is -1.44. The second-order valence-electron chi connectivity index (χ2n) is 3.67. The van der Waals surface area contributed by atoms with Crippen molar-refractivity contribution < 1.29 is 0 Å². The average Bonchev–Trinajstić information content (AvgIpc) is 2.30. The van der Waals surface area contributed by atoms with Crippen LogP contribution in [0.5, 0.6) is 0 Å². The maximum absolute atomic E-state index is 11.9. The molecule has 0 spiro atoms. The third kappa shape index (κ3) is 2.63. The molecule has 5 nitrogen and oxygen atoms in total. The smallest absolute Gasteiger partial charge is 0.267 e. The molecule has 2 aromatic heterocycles. The van der Waals surface area contributed by atoms with Crippen LogP contribution in [0.4, 0.5) is 5.82 Å². The van der Waals surface area contributed by atoms with Crippen LogP contribution in [0.25, 0.3) is 0 Å². The van der Waals surface area contributed by atoms with Gasteiger partial charge in [0.2, 0.25) is 0 Å². The zero-order chi connectivity index (χ0) is 12.4. The third-order valence-corrected chi connectivity index (χ3v) is 3.60. The second-order valence-corrected chi connectivity index (χ2v) is 4.74. The van der Waals surface area contributed by atoms with Crippen molar-refractivity contribution in [2.45, 2.75) is 13.5 Å². The van der Waals surface area contributed by atoms with Gasteiger partial charge in [-0.15, -0.1) is 0 Å². The highest BCUT2D eigenvalue weighted by Crippen LogP contribution is 2.06. The van der Waals surface area contributed by atoms with E-state index in [4.69, 9.17) is 5.73 Å². The minimum Gasteiger partial charge on any atom is -0.384 e. The molecule has 0 saturated carbocycles. The summed E-state index contributed by atoms with van der Waals surface area (Å²) < 4.78 is 2.20. The fraction of sp³-hybridized carbons (Fsp3) is 0.182. The Morgan fingerprint density at radius 3 is 2.94 bits per heavy atom. The van der Waals surface area contributed by atoms with Crippen LogP contribution in [0.1, 0.15) is 11.3 Å². The van der Waals surface area contributed by atoms with E-state index in [2.05, 4.69) is 9.97 Å². The van der Waals surface area contributed by atoms with Crippen LogP contribution < -0.4 is 11.3 Å². The van der Waals surface area contributed by atoms with Gasteiger partial charge in [0, 0.05) is 6.20 Å². The molecule has 0 unspecified atom stereocenters. The normalized spacial score (nSPS) is 10.5. The highest BCUT2D eigenvalue weighted by atomic mass is 127. The molecule has 0 aliphatic carbocycles. The lowest BCUT2D eigenvalue weighted by Gasteiger charge is -2.07. The molecular formula is C11H11IN4O. The van der Waals surface area contributed by atoms with E-state index in [1.165, 1.54) is 0 Å². The predicted molar refractivity (Wildman–Crippen MR) is 73.7 cm³/mol. The Bertz CT molecular complexity index is 609. The molecule has 0 atom stereocenters. The number of aromatic nitrogens is 3. The van der Waals surface area contributed by atoms with Crippen molar-refractivity contribution in [3.63, 3.8) is 0 Å². The van der Waals surface area contributed by atoms with Crippen LogP contribution >= 0.6 is 22.6 Å². The number of nitrogens with zero attached hydrogens (tertiary/aromatic N) is 3. The second kappa shape index (κ2) is 4.82. The van der Waals surface area contributed by atoms with E-state index in [0.29, 0.717) is 15.9 Å². The number of hydrogen-bond acceptors (Lipinski definition) is 4. The number of halogens is 1. The third-order valence-electron chi connectivity index (χ3n) is 2.36. The average molecular weight is 342 g/mol. The Morgan fingerprint density at radius 1 is 1.47 bits per heavy atom. The molecule has 0 radical (unpaired) electrons. The molecule has 0 amide bonds. The first-order valence-corrected chi connectivity index (χ1v) is 6.08. The summed E-state index contributed by atoms with van der Waals surface area (Å²) in [5.41, 5.74) is 7.24. The molecule has 0 saturated heterocycles. The van der Waals surface area contributed by atoms with Gasteiger partial charge in [-0.1, -0.05) is 0 Å². The Balaban J connectivity index is 2.37. The van der Waals surface area contributed by atoms with E-state index < -0.39 is 0 Å². The van der Waals surface area contributed by atoms with Crippen molar-refractivity contribution in [2.24, 2.45) is 0 Å². The zero-order valence-electron chi connectivity index (χ0n) is 9.22. The van der Waals surface area contributed by atoms with Crippen LogP contribution in [-0.4, -0.2) is 14.5 Å². The van der Waals surface area contributed by atoms with Crippen LogP contribution in [0.15, 0.2) is 29.5 Å². The van der Waals surface area contributed by atoms with Crippen LogP contribution in [0.2, 0.25) is 0 Å². The van der Waals surface area contributed by atoms with E-state index in [0.717, 1.165) is 11.3 Å². The summed E-state index contributed by atoms with van der Waals surface area (Å²) in [5.74, 6) is 0.449. The van der Waals surface area contributed by atoms with Crippen LogP contribution in [0.3, 0.4) is 0 Å². The fourth-order valence-corrected chi connectivity index (χ4v) is 1.90. The van der Waals surface area contributed by atoms with Crippen molar-refractivity contribution in [2.75, 3.05) is 5.73 Å². The van der Waals surface area contributed by atoms with Crippen molar-refractivity contribution in [3.05, 3.63) is 49.8 Å². The molecular weight excluding hydrogens is 331 g/mol. The molecule has 0 aliphatic rings. The van der Waals surface area contributed by atoms with Gasteiger partial charge in [0.25, 0.3) is 5.56 Å². The zero-order valence-corrected chi connectivity index (χ0v) is 11.4. The lowest BCUT2D eigenvalue weighted by molar-refractivity contribution is 0.723. The molecule has 2 aromatic rings. The van der Waals surface area contributed by atoms with Gasteiger partial charge in [0.15, 0.2) is 0 Å². The highest BCUT2D eigenvalue weighted by molar-refractivity contribution is 14.1. The molecule has 2 rings (SSSR count). The number of pyridine rings is 1. The van der Waals surface area contributed by atoms with Gasteiger partial charge < -0.3 is 5.73 Å². The molecule has 17 heavy (non-hydrogen) atoms. The van der Waals surface area contributed by atoms with Gasteiger partial charge in [-0.3, -0.25) is 9.36 Å². The summed E-state index contributed by atoms with van der Waals surface area (Å²) in [6, 6.07) is 3.58. The summed E-state index contributed by atoms with van der Waals surface area (Å²) in [7, 11) is 0. The monoisotopic (exact) mass is 342 g/mol. The lowest BCUT2D eigenvalue weighted by Crippen LogP contribution is -2.24. The van der Waals surface area contributed by atoms with Crippen molar-refractivity contribution in [3.8, 4) is 0 Å². The SMILES string of the molecule is Cc1ncn(Cc2ccnc(N)c2)c(=O)c1I. The lowest BCUT2D eigenvalue weighted by atomic mass is 10.2. The van der Waals surface area contributed by atoms with Gasteiger partial charge >= 0.3 is 0 Å². The van der Waals surface area contributed by atoms with Gasteiger partial charge in [-0.25, -0.2) is 9.97 Å². The molecule has 88 valence electrons. The highest BCUT2D eigenvalue weighted by Gasteiger charge is 2.05. The minimum absolute atomic E-state index is 0.0338. The summed E-state index contributed by atoms with van der Waals surface area (Å²) >= 11 is 2.01. The number of nitrogens with two attached hydrogens (primary N) is 1. The number of anilines is 1. The predicted octanol–water partition coefficient (Wildman–Crippen LogP) is 1.18. The quantitative estimate of drug-likeness (QED) is 0.832. The molecule has 0 aliphatic heterocycles. The van der Waals surface area contributed by atoms with Gasteiger partial charge in [-0.2, -0.15) is 0 Å². The Kier molecular flexibility index (Phi) is 3.41. The first-order valence-electron chi connectivity index (χ1n) is 5.00. The van der Waals surface area contributed by atoms with E-state index in [-0.39, 0.29) is 5.56 Å². The molecule has 0 aromatic carbocycles. The molecule has 0 fully saturated rings. The van der Waals surface area contributed by atoms with Crippen molar-refractivity contribution in [1.82, 2.24) is 14.5 Å². The Labute approximate surface area is 112 Å². The maximum atomic E-state index is 11.9. The Morgan fingerprint density at radius 2 is 2.24 bits per heavy atom. The molecule has 0 bridgehead atoms. The van der Waals surface area contributed by atoms with Crippen molar-refractivity contribution in [1.29, 1.82) is 0 Å². The summed E-state index contributed by atoms with van der Waals surface area (Å²) in [6.07, 6.45) is 3.18. The van der Waals surface area contributed by atoms with Gasteiger partial charge in [0.1, 0.15) is 5.82 Å². The van der Waals surface area contributed by atoms with Gasteiger partial charge in [0.05, 0.1) is 22.1 Å². The standard InChI is InChI=1S/C11H11IN4O/c1-7-10(12)11(17)16(6-15-7)5-8-2-3-14-9(13)4-8/h2-4,6H,5H2,1H3,(H2,13,14). The molecule has 2 N–H and O–H groups in total. The largest absolute Gasteiger partial charge is 0.384 e. The minimum atomic E-state index is -0.0338. The summed E-state index contributed by atoms with van der Waals surface area (Å²) in [5, 5.41) is 0. The maximum Gasteiger partial charge on any atom is 0.267 e. The van der Waals surface area contributed by atoms with Crippen LogP contribution in [-0.2, 0) is 6.54 Å². The number of hydrogen-bond donors (Lipinski definition) is 1. The summed E-state index contributed by atoms with van der Waals surface area (Å²) in [4.78, 5) is 20.0. The van der Waals surface area contributed by atoms with Crippen molar-refractivity contribution >= 4 is 28.4 Å². The molecule has 6 heteroatoms.